The van der Waals surface area contributed by atoms with Gasteiger partial charge in [0, 0.05) is 41.8 Å². The lowest BCUT2D eigenvalue weighted by Crippen LogP contribution is -2.16. The zero-order valence-electron chi connectivity index (χ0n) is 22.3. The fourth-order valence-corrected chi connectivity index (χ4v) is 5.79. The van der Waals surface area contributed by atoms with Crippen LogP contribution in [0.25, 0.3) is 22.2 Å². The first kappa shape index (κ1) is 27.5. The second kappa shape index (κ2) is 13.3. The highest BCUT2D eigenvalue weighted by molar-refractivity contribution is 7.92. The summed E-state index contributed by atoms with van der Waals surface area (Å²) in [7, 11) is -3.98. The number of sulfonamides is 1. The van der Waals surface area contributed by atoms with Crippen molar-refractivity contribution in [3.63, 3.8) is 0 Å². The highest BCUT2D eigenvalue weighted by Gasteiger charge is 2.23. The Bertz CT molecular complexity index is 1450. The molecule has 1 aromatic carbocycles. The standard InChI is InChI=1S/C30H37N5O2S/c1-3-4-5-6-7-8-9-10-18-31-25-15-16-27(26(22-25)28-23(2)13-11-19-32-28)38(36,37)35-30-29-24(17-21-34-30)14-12-20-33-29/h11-17,19-22,31H,3-10,18H2,1-2H3,(H,34,35). The van der Waals surface area contributed by atoms with E-state index in [-0.39, 0.29) is 10.7 Å². The van der Waals surface area contributed by atoms with Crippen LogP contribution in [0.5, 0.6) is 0 Å². The molecule has 0 amide bonds. The van der Waals surface area contributed by atoms with Crippen LogP contribution in [0.3, 0.4) is 0 Å². The van der Waals surface area contributed by atoms with Gasteiger partial charge in [0.25, 0.3) is 10.0 Å². The van der Waals surface area contributed by atoms with Crippen LogP contribution in [0.15, 0.2) is 72.0 Å². The summed E-state index contributed by atoms with van der Waals surface area (Å²) in [6, 6.07) is 14.6. The monoisotopic (exact) mass is 531 g/mol. The first-order valence-corrected chi connectivity index (χ1v) is 15.0. The number of rotatable bonds is 14. The second-order valence-corrected chi connectivity index (χ2v) is 11.3. The quantitative estimate of drug-likeness (QED) is 0.165. The van der Waals surface area contributed by atoms with E-state index in [9.17, 15) is 8.42 Å². The van der Waals surface area contributed by atoms with Crippen LogP contribution in [-0.2, 0) is 10.0 Å². The van der Waals surface area contributed by atoms with E-state index in [4.69, 9.17) is 0 Å². The van der Waals surface area contributed by atoms with Crippen molar-refractivity contribution >= 4 is 32.4 Å². The molecule has 0 fully saturated rings. The molecule has 0 saturated heterocycles. The number of unbranched alkanes of at least 4 members (excludes halogenated alkanes) is 7. The van der Waals surface area contributed by atoms with Crippen molar-refractivity contribution in [2.45, 2.75) is 70.1 Å². The van der Waals surface area contributed by atoms with E-state index in [0.29, 0.717) is 16.8 Å². The average molecular weight is 532 g/mol. The van der Waals surface area contributed by atoms with Crippen LogP contribution in [0.2, 0.25) is 0 Å². The van der Waals surface area contributed by atoms with Crippen LogP contribution in [0.4, 0.5) is 11.5 Å². The Morgan fingerprint density at radius 3 is 2.32 bits per heavy atom. The molecule has 8 heteroatoms. The molecule has 0 saturated carbocycles. The maximum Gasteiger partial charge on any atom is 0.263 e. The molecule has 0 spiro atoms. The van der Waals surface area contributed by atoms with Crippen molar-refractivity contribution in [2.24, 2.45) is 0 Å². The molecule has 4 rings (SSSR count). The molecule has 0 radical (unpaired) electrons. The Hall–Kier alpha value is -3.52. The molecule has 200 valence electrons. The molecule has 3 aromatic heterocycles. The van der Waals surface area contributed by atoms with Crippen LogP contribution in [0.1, 0.15) is 63.9 Å². The Kier molecular flexibility index (Phi) is 9.65. The third kappa shape index (κ3) is 7.07. The number of aromatic nitrogens is 3. The molecule has 3 heterocycles. The largest absolute Gasteiger partial charge is 0.385 e. The predicted molar refractivity (Wildman–Crippen MR) is 156 cm³/mol. The van der Waals surface area contributed by atoms with Gasteiger partial charge in [0.1, 0.15) is 5.52 Å². The van der Waals surface area contributed by atoms with E-state index in [1.54, 1.807) is 30.7 Å². The lowest BCUT2D eigenvalue weighted by Gasteiger charge is -2.16. The van der Waals surface area contributed by atoms with Gasteiger partial charge in [0.2, 0.25) is 0 Å². The smallest absolute Gasteiger partial charge is 0.263 e. The number of hydrogen-bond donors (Lipinski definition) is 2. The molecule has 2 N–H and O–H groups in total. The third-order valence-corrected chi connectivity index (χ3v) is 8.04. The number of nitrogens with zero attached hydrogens (tertiary/aromatic N) is 3. The molecular formula is C30H37N5O2S. The number of aryl methyl sites for hydroxylation is 1. The Balaban J connectivity index is 1.53. The minimum atomic E-state index is -3.98. The summed E-state index contributed by atoms with van der Waals surface area (Å²) in [4.78, 5) is 13.3. The molecule has 0 aliphatic carbocycles. The first-order chi connectivity index (χ1) is 18.5. The number of benzene rings is 1. The van der Waals surface area contributed by atoms with Gasteiger partial charge in [-0.3, -0.25) is 14.7 Å². The van der Waals surface area contributed by atoms with E-state index >= 15 is 0 Å². The van der Waals surface area contributed by atoms with Crippen molar-refractivity contribution < 1.29 is 8.42 Å². The van der Waals surface area contributed by atoms with Gasteiger partial charge < -0.3 is 5.32 Å². The molecule has 4 aromatic rings. The van der Waals surface area contributed by atoms with Crippen LogP contribution in [0, 0.1) is 6.92 Å². The molecule has 0 bridgehead atoms. The van der Waals surface area contributed by atoms with Crippen molar-refractivity contribution in [2.75, 3.05) is 16.6 Å². The van der Waals surface area contributed by atoms with Gasteiger partial charge in [-0.15, -0.1) is 0 Å². The normalized spacial score (nSPS) is 11.5. The molecule has 38 heavy (non-hydrogen) atoms. The fraction of sp³-hybridized carbons (Fsp3) is 0.367. The van der Waals surface area contributed by atoms with E-state index in [1.807, 2.05) is 43.3 Å². The predicted octanol–water partition coefficient (Wildman–Crippen LogP) is 7.35. The van der Waals surface area contributed by atoms with Gasteiger partial charge >= 0.3 is 0 Å². The highest BCUT2D eigenvalue weighted by Crippen LogP contribution is 2.32. The first-order valence-electron chi connectivity index (χ1n) is 13.5. The summed E-state index contributed by atoms with van der Waals surface area (Å²) in [5, 5.41) is 4.28. The maximum absolute atomic E-state index is 13.7. The van der Waals surface area contributed by atoms with Gasteiger partial charge in [0.05, 0.1) is 10.6 Å². The lowest BCUT2D eigenvalue weighted by atomic mass is 10.1. The minimum Gasteiger partial charge on any atom is -0.385 e. The number of anilines is 2. The number of pyridine rings is 3. The van der Waals surface area contributed by atoms with Crippen LogP contribution < -0.4 is 10.0 Å². The molecular weight excluding hydrogens is 494 g/mol. The Morgan fingerprint density at radius 1 is 0.789 bits per heavy atom. The molecule has 0 aliphatic rings. The van der Waals surface area contributed by atoms with Gasteiger partial charge in [-0.1, -0.05) is 64.0 Å². The Morgan fingerprint density at radius 2 is 1.53 bits per heavy atom. The Labute approximate surface area is 226 Å². The minimum absolute atomic E-state index is 0.145. The van der Waals surface area contributed by atoms with Gasteiger partial charge in [-0.05, 0) is 55.3 Å². The zero-order chi connectivity index (χ0) is 26.8. The number of fused-ring (bicyclic) bond motifs is 1. The summed E-state index contributed by atoms with van der Waals surface area (Å²) >= 11 is 0. The summed E-state index contributed by atoms with van der Waals surface area (Å²) in [5.41, 5.74) is 3.45. The van der Waals surface area contributed by atoms with E-state index < -0.39 is 10.0 Å². The highest BCUT2D eigenvalue weighted by atomic mass is 32.2. The van der Waals surface area contributed by atoms with Crippen molar-refractivity contribution in [1.29, 1.82) is 0 Å². The van der Waals surface area contributed by atoms with E-state index in [1.165, 1.54) is 44.9 Å². The van der Waals surface area contributed by atoms with Gasteiger partial charge in [-0.2, -0.15) is 0 Å². The molecule has 0 aliphatic heterocycles. The van der Waals surface area contributed by atoms with Gasteiger partial charge in [0.15, 0.2) is 5.82 Å². The van der Waals surface area contributed by atoms with Crippen LogP contribution in [-0.4, -0.2) is 29.9 Å². The third-order valence-electron chi connectivity index (χ3n) is 6.65. The zero-order valence-corrected chi connectivity index (χ0v) is 23.1. The SMILES string of the molecule is CCCCCCCCCCNc1ccc(S(=O)(=O)Nc2nccc3cccnc23)c(-c2ncccc2C)c1. The lowest BCUT2D eigenvalue weighted by molar-refractivity contribution is 0.581. The van der Waals surface area contributed by atoms with E-state index in [0.717, 1.165) is 29.6 Å². The van der Waals surface area contributed by atoms with Crippen LogP contribution >= 0.6 is 0 Å². The summed E-state index contributed by atoms with van der Waals surface area (Å²) in [5.74, 6) is 0.198. The molecule has 7 nitrogen and oxygen atoms in total. The second-order valence-electron chi connectivity index (χ2n) is 9.62. The number of nitrogens with one attached hydrogen (secondary N) is 2. The molecule has 0 atom stereocenters. The summed E-state index contributed by atoms with van der Waals surface area (Å²) < 4.78 is 30.0. The van der Waals surface area contributed by atoms with Crippen molar-refractivity contribution in [3.05, 3.63) is 72.7 Å². The summed E-state index contributed by atoms with van der Waals surface area (Å²) in [6.45, 7) is 5.01. The van der Waals surface area contributed by atoms with Crippen molar-refractivity contribution in [1.82, 2.24) is 15.0 Å². The number of hydrogen-bond acceptors (Lipinski definition) is 6. The van der Waals surface area contributed by atoms with Crippen molar-refractivity contribution in [3.8, 4) is 11.3 Å². The topological polar surface area (TPSA) is 96.9 Å². The maximum atomic E-state index is 13.7. The molecule has 0 unspecified atom stereocenters. The summed E-state index contributed by atoms with van der Waals surface area (Å²) in [6.07, 6.45) is 15.0. The average Bonchev–Trinajstić information content (AvgIpc) is 2.92. The fourth-order valence-electron chi connectivity index (χ4n) is 4.58. The van der Waals surface area contributed by atoms with E-state index in [2.05, 4.69) is 31.9 Å². The van der Waals surface area contributed by atoms with Gasteiger partial charge in [-0.25, -0.2) is 13.4 Å².